The SMILES string of the molecule is CC1=C(F)CN(C(=O)O)C1. The summed E-state index contributed by atoms with van der Waals surface area (Å²) in [6.45, 7) is 1.72. The van der Waals surface area contributed by atoms with E-state index in [0.717, 1.165) is 4.90 Å². The van der Waals surface area contributed by atoms with E-state index < -0.39 is 6.09 Å². The van der Waals surface area contributed by atoms with Crippen molar-refractivity contribution < 1.29 is 14.3 Å². The zero-order chi connectivity index (χ0) is 7.72. The summed E-state index contributed by atoms with van der Waals surface area (Å²) in [6, 6.07) is 0. The van der Waals surface area contributed by atoms with E-state index in [9.17, 15) is 9.18 Å². The van der Waals surface area contributed by atoms with Crippen LogP contribution in [0, 0.1) is 0 Å². The molecule has 0 spiro atoms. The molecule has 0 fully saturated rings. The Kier molecular flexibility index (Phi) is 1.61. The first-order chi connectivity index (χ1) is 4.61. The van der Waals surface area contributed by atoms with E-state index in [0.29, 0.717) is 5.57 Å². The van der Waals surface area contributed by atoms with E-state index in [1.54, 1.807) is 6.92 Å². The van der Waals surface area contributed by atoms with Crippen molar-refractivity contribution in [3.63, 3.8) is 0 Å². The van der Waals surface area contributed by atoms with Gasteiger partial charge in [-0.2, -0.15) is 0 Å². The molecule has 0 atom stereocenters. The van der Waals surface area contributed by atoms with Crippen LogP contribution in [0.15, 0.2) is 11.4 Å². The van der Waals surface area contributed by atoms with E-state index >= 15 is 0 Å². The van der Waals surface area contributed by atoms with Gasteiger partial charge in [-0.1, -0.05) is 0 Å². The lowest BCUT2D eigenvalue weighted by Crippen LogP contribution is -2.27. The number of amides is 1. The van der Waals surface area contributed by atoms with Crippen molar-refractivity contribution in [2.75, 3.05) is 13.1 Å². The van der Waals surface area contributed by atoms with Crippen LogP contribution in [-0.4, -0.2) is 29.2 Å². The molecule has 0 unspecified atom stereocenters. The average molecular weight is 145 g/mol. The van der Waals surface area contributed by atoms with E-state index in [-0.39, 0.29) is 18.9 Å². The van der Waals surface area contributed by atoms with Crippen LogP contribution in [0.5, 0.6) is 0 Å². The van der Waals surface area contributed by atoms with E-state index in [2.05, 4.69) is 0 Å². The Hall–Kier alpha value is -1.06. The third kappa shape index (κ3) is 1.10. The standard InChI is InChI=1S/C6H8FNO2/c1-4-2-8(6(9)10)3-5(4)7/h2-3H2,1H3,(H,9,10). The summed E-state index contributed by atoms with van der Waals surface area (Å²) >= 11 is 0. The molecule has 0 aromatic carbocycles. The lowest BCUT2D eigenvalue weighted by Gasteiger charge is -2.08. The minimum Gasteiger partial charge on any atom is -0.465 e. The van der Waals surface area contributed by atoms with Crippen molar-refractivity contribution in [1.29, 1.82) is 0 Å². The summed E-state index contributed by atoms with van der Waals surface area (Å²) in [5.74, 6) is -0.317. The Balaban J connectivity index is 2.59. The van der Waals surface area contributed by atoms with Crippen LogP contribution >= 0.6 is 0 Å². The normalized spacial score (nSPS) is 18.4. The largest absolute Gasteiger partial charge is 0.465 e. The molecule has 10 heavy (non-hydrogen) atoms. The highest BCUT2D eigenvalue weighted by Crippen LogP contribution is 2.17. The molecule has 0 bridgehead atoms. The van der Waals surface area contributed by atoms with Crippen LogP contribution in [0.1, 0.15) is 6.92 Å². The zero-order valence-electron chi connectivity index (χ0n) is 5.59. The van der Waals surface area contributed by atoms with Gasteiger partial charge < -0.3 is 5.11 Å². The van der Waals surface area contributed by atoms with Crippen molar-refractivity contribution >= 4 is 6.09 Å². The van der Waals surface area contributed by atoms with Crippen molar-refractivity contribution in [2.24, 2.45) is 0 Å². The number of hydrogen-bond donors (Lipinski definition) is 1. The number of halogens is 1. The number of carboxylic acid groups (broad SMARTS) is 1. The van der Waals surface area contributed by atoms with Crippen LogP contribution < -0.4 is 0 Å². The minimum absolute atomic E-state index is 0.0822. The van der Waals surface area contributed by atoms with Gasteiger partial charge in [0.2, 0.25) is 0 Å². The van der Waals surface area contributed by atoms with Gasteiger partial charge in [-0.15, -0.1) is 0 Å². The average Bonchev–Trinajstić information content (AvgIpc) is 2.13. The van der Waals surface area contributed by atoms with E-state index in [1.165, 1.54) is 0 Å². The fourth-order valence-electron chi connectivity index (χ4n) is 0.866. The van der Waals surface area contributed by atoms with Crippen LogP contribution in [0.4, 0.5) is 9.18 Å². The Labute approximate surface area is 57.7 Å². The smallest absolute Gasteiger partial charge is 0.407 e. The third-order valence-electron chi connectivity index (χ3n) is 1.49. The number of hydrogen-bond acceptors (Lipinski definition) is 1. The fourth-order valence-corrected chi connectivity index (χ4v) is 0.866. The van der Waals surface area contributed by atoms with Gasteiger partial charge in [0, 0.05) is 6.54 Å². The molecule has 3 nitrogen and oxygen atoms in total. The Bertz CT molecular complexity index is 186. The minimum atomic E-state index is -1.06. The summed E-state index contributed by atoms with van der Waals surface area (Å²) in [5, 5.41) is 8.38. The van der Waals surface area contributed by atoms with E-state index in [1.807, 2.05) is 0 Å². The third-order valence-corrected chi connectivity index (χ3v) is 1.49. The van der Waals surface area contributed by atoms with Gasteiger partial charge in [-0.25, -0.2) is 9.18 Å². The molecule has 1 heterocycles. The molecule has 1 amide bonds. The molecule has 56 valence electrons. The predicted octanol–water partition coefficient (Wildman–Crippen LogP) is 1.22. The second kappa shape index (κ2) is 2.28. The summed E-state index contributed by atoms with van der Waals surface area (Å²) in [6.07, 6.45) is -1.06. The highest BCUT2D eigenvalue weighted by atomic mass is 19.1. The first-order valence-electron chi connectivity index (χ1n) is 2.93. The lowest BCUT2D eigenvalue weighted by molar-refractivity contribution is 0.155. The molecular weight excluding hydrogens is 137 g/mol. The van der Waals surface area contributed by atoms with Crippen molar-refractivity contribution in [3.05, 3.63) is 11.4 Å². The first-order valence-corrected chi connectivity index (χ1v) is 2.93. The van der Waals surface area contributed by atoms with Gasteiger partial charge in [0.15, 0.2) is 0 Å². The lowest BCUT2D eigenvalue weighted by atomic mass is 10.3. The molecule has 0 aliphatic carbocycles. The van der Waals surface area contributed by atoms with Crippen LogP contribution in [0.25, 0.3) is 0 Å². The number of nitrogens with zero attached hydrogens (tertiary/aromatic N) is 1. The molecular formula is C6H8FNO2. The zero-order valence-corrected chi connectivity index (χ0v) is 5.59. The molecule has 0 saturated heterocycles. The van der Waals surface area contributed by atoms with Crippen molar-refractivity contribution in [2.45, 2.75) is 6.92 Å². The molecule has 4 heteroatoms. The van der Waals surface area contributed by atoms with Crippen LogP contribution in [0.3, 0.4) is 0 Å². The van der Waals surface area contributed by atoms with Gasteiger partial charge in [-0.3, -0.25) is 4.90 Å². The van der Waals surface area contributed by atoms with Gasteiger partial charge in [0.05, 0.1) is 6.54 Å². The molecule has 1 N–H and O–H groups in total. The summed E-state index contributed by atoms with van der Waals surface area (Å²) < 4.78 is 12.5. The van der Waals surface area contributed by atoms with Gasteiger partial charge in [-0.05, 0) is 12.5 Å². The fraction of sp³-hybridized carbons (Fsp3) is 0.500. The molecule has 0 aromatic heterocycles. The molecule has 1 aliphatic rings. The Morgan fingerprint density at radius 1 is 1.70 bits per heavy atom. The van der Waals surface area contributed by atoms with Gasteiger partial charge >= 0.3 is 6.09 Å². The predicted molar refractivity (Wildman–Crippen MR) is 33.4 cm³/mol. The maximum Gasteiger partial charge on any atom is 0.407 e. The summed E-state index contributed by atoms with van der Waals surface area (Å²) in [7, 11) is 0. The molecule has 0 saturated carbocycles. The second-order valence-electron chi connectivity index (χ2n) is 2.32. The van der Waals surface area contributed by atoms with Crippen molar-refractivity contribution in [1.82, 2.24) is 4.90 Å². The maximum absolute atomic E-state index is 12.5. The number of rotatable bonds is 0. The quantitative estimate of drug-likeness (QED) is 0.556. The van der Waals surface area contributed by atoms with Crippen LogP contribution in [0.2, 0.25) is 0 Å². The first kappa shape index (κ1) is 7.05. The van der Waals surface area contributed by atoms with E-state index in [4.69, 9.17) is 5.11 Å². The highest BCUT2D eigenvalue weighted by molar-refractivity contribution is 5.66. The summed E-state index contributed by atoms with van der Waals surface area (Å²) in [4.78, 5) is 11.3. The maximum atomic E-state index is 12.5. The molecule has 0 aromatic rings. The monoisotopic (exact) mass is 145 g/mol. The molecule has 1 rings (SSSR count). The summed E-state index contributed by atoms with van der Waals surface area (Å²) in [5.41, 5.74) is 0.516. The van der Waals surface area contributed by atoms with Gasteiger partial charge in [0.1, 0.15) is 5.83 Å². The van der Waals surface area contributed by atoms with Gasteiger partial charge in [0.25, 0.3) is 0 Å². The molecule has 0 radical (unpaired) electrons. The number of carbonyl (C=O) groups is 1. The second-order valence-corrected chi connectivity index (χ2v) is 2.32. The highest BCUT2D eigenvalue weighted by Gasteiger charge is 2.22. The molecule has 1 aliphatic heterocycles. The van der Waals surface area contributed by atoms with Crippen LogP contribution in [-0.2, 0) is 0 Å². The van der Waals surface area contributed by atoms with Crippen molar-refractivity contribution in [3.8, 4) is 0 Å². The topological polar surface area (TPSA) is 40.5 Å². The Morgan fingerprint density at radius 2 is 2.30 bits per heavy atom. The Morgan fingerprint density at radius 3 is 2.50 bits per heavy atom.